The Hall–Kier alpha value is -4.53. The Balaban J connectivity index is 1.47. The predicted octanol–water partition coefficient (Wildman–Crippen LogP) is 6.97. The van der Waals surface area contributed by atoms with Crippen LogP contribution in [0.15, 0.2) is 60.7 Å². The molecule has 8 nitrogen and oxygen atoms in total. The van der Waals surface area contributed by atoms with E-state index in [0.29, 0.717) is 52.2 Å². The largest absolute Gasteiger partial charge is 0.493 e. The number of hydrogen-bond acceptors (Lipinski definition) is 8. The maximum Gasteiger partial charge on any atom is 0.204 e. The first-order chi connectivity index (χ1) is 22.4. The molecule has 0 radical (unpaired) electrons. The lowest BCUT2D eigenvalue weighted by Crippen LogP contribution is -2.34. The van der Waals surface area contributed by atoms with E-state index in [1.54, 1.807) is 21.3 Å². The minimum Gasteiger partial charge on any atom is -0.493 e. The highest BCUT2D eigenvalue weighted by Crippen LogP contribution is 2.51. The summed E-state index contributed by atoms with van der Waals surface area (Å²) in [4.78, 5) is 16.8. The van der Waals surface area contributed by atoms with Crippen molar-refractivity contribution in [1.82, 2.24) is 9.80 Å². The van der Waals surface area contributed by atoms with Crippen LogP contribution in [0.1, 0.15) is 55.8 Å². The summed E-state index contributed by atoms with van der Waals surface area (Å²) in [5, 5.41) is 0. The van der Waals surface area contributed by atoms with Gasteiger partial charge < -0.3 is 23.7 Å². The minimum absolute atomic E-state index is 0.0471. The van der Waals surface area contributed by atoms with Gasteiger partial charge >= 0.3 is 0 Å². The van der Waals surface area contributed by atoms with Crippen molar-refractivity contribution in [2.75, 3.05) is 48.5 Å². The first-order valence-corrected chi connectivity index (χ1v) is 15.8. The van der Waals surface area contributed by atoms with Crippen LogP contribution >= 0.6 is 0 Å². The van der Waals surface area contributed by atoms with E-state index in [0.717, 1.165) is 55.3 Å². The third-order valence-electron chi connectivity index (χ3n) is 9.83. The molecule has 4 aromatic rings. The number of benzene rings is 4. The Kier molecular flexibility index (Phi) is 8.09. The van der Waals surface area contributed by atoms with Crippen LogP contribution < -0.4 is 23.7 Å². The number of likely N-dealkylation sites (N-methyl/N-ethyl adjacent to an activating group) is 2. The highest BCUT2D eigenvalue weighted by atomic mass is 16.5. The number of carbonyl (C=O) groups excluding carboxylic acids is 1. The van der Waals surface area contributed by atoms with Crippen LogP contribution in [-0.2, 0) is 25.7 Å². The number of methoxy groups -OCH3 is 3. The number of carbonyl (C=O) groups is 1. The van der Waals surface area contributed by atoms with E-state index in [2.05, 4.69) is 54.2 Å². The molecule has 4 aromatic carbocycles. The molecule has 0 N–H and O–H groups in total. The zero-order valence-corrected chi connectivity index (χ0v) is 27.1. The summed E-state index contributed by atoms with van der Waals surface area (Å²) in [6.45, 7) is 1.81. The zero-order chi connectivity index (χ0) is 31.9. The monoisotopic (exact) mass is 620 g/mol. The molecular formula is C38H40N2O6. The van der Waals surface area contributed by atoms with Crippen LogP contribution in [0.25, 0.3) is 0 Å². The van der Waals surface area contributed by atoms with Crippen molar-refractivity contribution in [3.05, 3.63) is 99.6 Å². The van der Waals surface area contributed by atoms with Gasteiger partial charge in [0.25, 0.3) is 0 Å². The third kappa shape index (κ3) is 5.35. The maximum atomic E-state index is 12.0. The number of hydrogen-bond donors (Lipinski definition) is 0. The quantitative estimate of drug-likeness (QED) is 0.227. The van der Waals surface area contributed by atoms with Gasteiger partial charge in [-0.1, -0.05) is 18.2 Å². The normalized spacial score (nSPS) is 19.2. The Morgan fingerprint density at radius 3 is 2.11 bits per heavy atom. The molecule has 4 aliphatic rings. The van der Waals surface area contributed by atoms with Crippen LogP contribution in [0.4, 0.5) is 0 Å². The first-order valence-electron chi connectivity index (χ1n) is 15.8. The van der Waals surface area contributed by atoms with Crippen molar-refractivity contribution >= 4 is 6.29 Å². The number of rotatable bonds is 4. The lowest BCUT2D eigenvalue weighted by molar-refractivity contribution is 0.112. The second-order valence-electron chi connectivity index (χ2n) is 12.5. The van der Waals surface area contributed by atoms with E-state index in [4.69, 9.17) is 23.7 Å². The molecule has 8 heteroatoms. The first kappa shape index (κ1) is 30.1. The molecule has 0 amide bonds. The molecule has 0 saturated carbocycles. The molecule has 6 bridgehead atoms. The van der Waals surface area contributed by atoms with Crippen molar-refractivity contribution in [2.45, 2.75) is 37.8 Å². The summed E-state index contributed by atoms with van der Waals surface area (Å²) in [5.41, 5.74) is 7.44. The second kappa shape index (κ2) is 12.3. The zero-order valence-electron chi connectivity index (χ0n) is 27.1. The molecule has 4 heterocycles. The van der Waals surface area contributed by atoms with E-state index >= 15 is 0 Å². The molecule has 238 valence electrons. The van der Waals surface area contributed by atoms with Crippen molar-refractivity contribution < 1.29 is 28.5 Å². The lowest BCUT2D eigenvalue weighted by atomic mass is 9.87. The van der Waals surface area contributed by atoms with Crippen LogP contribution in [0.3, 0.4) is 0 Å². The summed E-state index contributed by atoms with van der Waals surface area (Å²) in [5.74, 6) is 4.37. The smallest absolute Gasteiger partial charge is 0.204 e. The van der Waals surface area contributed by atoms with E-state index in [-0.39, 0.29) is 12.1 Å². The third-order valence-corrected chi connectivity index (χ3v) is 9.83. The topological polar surface area (TPSA) is 69.7 Å². The Morgan fingerprint density at radius 1 is 0.717 bits per heavy atom. The van der Waals surface area contributed by atoms with Gasteiger partial charge in [-0.25, -0.2) is 0 Å². The van der Waals surface area contributed by atoms with Crippen LogP contribution in [0, 0.1) is 0 Å². The van der Waals surface area contributed by atoms with Crippen molar-refractivity contribution in [1.29, 1.82) is 0 Å². The molecule has 0 unspecified atom stereocenters. The summed E-state index contributed by atoms with van der Waals surface area (Å²) in [6, 6.07) is 20.5. The van der Waals surface area contributed by atoms with Gasteiger partial charge in [0.15, 0.2) is 29.3 Å². The molecule has 0 aliphatic carbocycles. The highest BCUT2D eigenvalue weighted by molar-refractivity contribution is 5.79. The van der Waals surface area contributed by atoms with Gasteiger partial charge in [0, 0.05) is 30.7 Å². The minimum atomic E-state index is -0.0471. The highest BCUT2D eigenvalue weighted by Gasteiger charge is 2.34. The molecular weight excluding hydrogens is 580 g/mol. The van der Waals surface area contributed by atoms with Gasteiger partial charge in [-0.3, -0.25) is 14.6 Å². The molecule has 0 saturated heterocycles. The van der Waals surface area contributed by atoms with Crippen LogP contribution in [-0.4, -0.2) is 64.6 Å². The summed E-state index contributed by atoms with van der Waals surface area (Å²) >= 11 is 0. The Morgan fingerprint density at radius 2 is 1.39 bits per heavy atom. The average molecular weight is 621 g/mol. The van der Waals surface area contributed by atoms with Crippen molar-refractivity contribution in [3.8, 4) is 40.2 Å². The Labute approximate surface area is 270 Å². The number of nitrogens with zero attached hydrogens (tertiary/aromatic N) is 2. The summed E-state index contributed by atoms with van der Waals surface area (Å²) in [7, 11) is 9.32. The molecule has 8 rings (SSSR count). The maximum absolute atomic E-state index is 12.0. The van der Waals surface area contributed by atoms with E-state index in [1.807, 2.05) is 30.3 Å². The van der Waals surface area contributed by atoms with Crippen LogP contribution in [0.2, 0.25) is 0 Å². The van der Waals surface area contributed by atoms with Gasteiger partial charge in [0.05, 0.1) is 26.9 Å². The summed E-state index contributed by atoms with van der Waals surface area (Å²) < 4.78 is 31.2. The predicted molar refractivity (Wildman–Crippen MR) is 177 cm³/mol. The van der Waals surface area contributed by atoms with E-state index in [9.17, 15) is 4.79 Å². The van der Waals surface area contributed by atoms with Gasteiger partial charge in [0.1, 0.15) is 11.5 Å². The molecule has 0 spiro atoms. The lowest BCUT2D eigenvalue weighted by Gasteiger charge is -2.37. The number of aldehydes is 1. The number of ether oxygens (including phenoxy) is 5. The Bertz CT molecular complexity index is 1790. The fraction of sp³-hybridized carbons (Fsp3) is 0.342. The van der Waals surface area contributed by atoms with E-state index in [1.165, 1.54) is 16.7 Å². The molecule has 0 aromatic heterocycles. The average Bonchev–Trinajstić information content (AvgIpc) is 3.07. The van der Waals surface area contributed by atoms with Gasteiger partial charge in [-0.2, -0.15) is 0 Å². The number of fused-ring (bicyclic) bond motifs is 2. The standard InChI is InChI=1S/C38H40N2O6/c1-39-14-12-25-19-33(42-3)34-21-29(25)30(39)16-23-7-10-28(11-8-23)45-32-18-24(6-9-27(32)22-41)17-31-36-26(13-15-40(31)2)20-35(43-4)37(44-5)38(36)46-34/h6-11,18-22,30-31H,12-17H2,1-5H3/t30-,31+/m0/s1. The van der Waals surface area contributed by atoms with Gasteiger partial charge in [-0.15, -0.1) is 0 Å². The SMILES string of the molecule is COc1cc2c3cc1Oc1c(OC)c(OC)cc4c1[C@@H](Cc1ccc(C=O)c(c1)Oc1ccc(cc1)C[C@@H]3N(C)CC2)N(C)CC4. The summed E-state index contributed by atoms with van der Waals surface area (Å²) in [6.07, 6.45) is 4.09. The van der Waals surface area contributed by atoms with Gasteiger partial charge in [-0.05, 0) is 110 Å². The molecule has 46 heavy (non-hydrogen) atoms. The van der Waals surface area contributed by atoms with Crippen molar-refractivity contribution in [2.24, 2.45) is 0 Å². The van der Waals surface area contributed by atoms with E-state index < -0.39 is 0 Å². The second-order valence-corrected chi connectivity index (χ2v) is 12.5. The molecule has 2 atom stereocenters. The van der Waals surface area contributed by atoms with Crippen molar-refractivity contribution in [3.63, 3.8) is 0 Å². The fourth-order valence-electron chi connectivity index (χ4n) is 7.24. The van der Waals surface area contributed by atoms with Crippen LogP contribution in [0.5, 0.6) is 40.2 Å². The fourth-order valence-corrected chi connectivity index (χ4v) is 7.24. The van der Waals surface area contributed by atoms with Gasteiger partial charge in [0.2, 0.25) is 5.75 Å². The molecule has 4 aliphatic heterocycles. The molecule has 0 fully saturated rings.